The minimum atomic E-state index is -0.707. The molecule has 1 aliphatic heterocycles. The number of benzene rings is 1. The van der Waals surface area contributed by atoms with Gasteiger partial charge in [0.1, 0.15) is 11.8 Å². The fraction of sp³-hybridized carbons (Fsp3) is 0.273. The molecule has 76 valence electrons. The molecule has 0 spiro atoms. The number of rotatable bonds is 1. The first-order chi connectivity index (χ1) is 7.26. The van der Waals surface area contributed by atoms with E-state index in [2.05, 4.69) is 0 Å². The predicted octanol–water partition coefficient (Wildman–Crippen LogP) is 1.30. The third-order valence-corrected chi connectivity index (χ3v) is 2.36. The molecule has 0 bridgehead atoms. The quantitative estimate of drug-likeness (QED) is 0.645. The third-order valence-electron chi connectivity index (χ3n) is 2.36. The van der Waals surface area contributed by atoms with Crippen LogP contribution in [0.1, 0.15) is 15.9 Å². The van der Waals surface area contributed by atoms with Crippen LogP contribution < -0.4 is 4.74 Å². The lowest BCUT2D eigenvalue weighted by Crippen LogP contribution is -2.26. The molecule has 4 nitrogen and oxygen atoms in total. The Balaban J connectivity index is 2.51. The molecule has 4 heteroatoms. The van der Waals surface area contributed by atoms with Gasteiger partial charge in [0.25, 0.3) is 0 Å². The topological polar surface area (TPSA) is 59.3 Å². The minimum absolute atomic E-state index is 0.390. The normalized spacial score (nSPS) is 18.7. The van der Waals surface area contributed by atoms with Crippen LogP contribution in [0.3, 0.4) is 0 Å². The largest absolute Gasteiger partial charge is 0.496 e. The molecule has 0 N–H and O–H groups in total. The van der Waals surface area contributed by atoms with E-state index >= 15 is 0 Å². The van der Waals surface area contributed by atoms with E-state index in [9.17, 15) is 4.79 Å². The summed E-state index contributed by atoms with van der Waals surface area (Å²) in [5.74, 6) is 0.172. The first-order valence-electron chi connectivity index (χ1n) is 4.52. The van der Waals surface area contributed by atoms with E-state index in [1.54, 1.807) is 18.2 Å². The molecule has 1 aromatic rings. The Labute approximate surface area is 87.0 Å². The van der Waals surface area contributed by atoms with Crippen LogP contribution in [0.4, 0.5) is 0 Å². The summed E-state index contributed by atoms with van der Waals surface area (Å²) < 4.78 is 10.0. The van der Waals surface area contributed by atoms with Crippen LogP contribution in [0.25, 0.3) is 0 Å². The molecule has 15 heavy (non-hydrogen) atoms. The van der Waals surface area contributed by atoms with Gasteiger partial charge in [0.15, 0.2) is 6.10 Å². The van der Waals surface area contributed by atoms with Gasteiger partial charge in [-0.2, -0.15) is 5.26 Å². The van der Waals surface area contributed by atoms with Crippen molar-refractivity contribution in [3.05, 3.63) is 29.3 Å². The molecular weight excluding hydrogens is 194 g/mol. The molecule has 0 amide bonds. The molecule has 2 rings (SSSR count). The molecule has 0 radical (unpaired) electrons. The fourth-order valence-electron chi connectivity index (χ4n) is 1.65. The molecule has 1 aliphatic rings. The van der Waals surface area contributed by atoms with Crippen molar-refractivity contribution in [2.75, 3.05) is 7.11 Å². The predicted molar refractivity (Wildman–Crippen MR) is 51.5 cm³/mol. The highest BCUT2D eigenvalue weighted by molar-refractivity contribution is 5.93. The zero-order chi connectivity index (χ0) is 10.8. The van der Waals surface area contributed by atoms with E-state index in [0.29, 0.717) is 17.7 Å². The summed E-state index contributed by atoms with van der Waals surface area (Å²) in [5, 5.41) is 8.73. The Morgan fingerprint density at radius 3 is 3.07 bits per heavy atom. The molecule has 1 aromatic carbocycles. The van der Waals surface area contributed by atoms with Gasteiger partial charge in [-0.1, -0.05) is 6.07 Å². The van der Waals surface area contributed by atoms with Gasteiger partial charge in [0.2, 0.25) is 0 Å². The van der Waals surface area contributed by atoms with Crippen LogP contribution in [0.5, 0.6) is 5.75 Å². The molecule has 1 atom stereocenters. The van der Waals surface area contributed by atoms with Crippen LogP contribution in [0, 0.1) is 11.3 Å². The van der Waals surface area contributed by atoms with E-state index in [-0.39, 0.29) is 0 Å². The van der Waals surface area contributed by atoms with E-state index in [4.69, 9.17) is 14.7 Å². The van der Waals surface area contributed by atoms with Gasteiger partial charge in [-0.3, -0.25) is 0 Å². The molecule has 1 heterocycles. The first kappa shape index (κ1) is 9.53. The summed E-state index contributed by atoms with van der Waals surface area (Å²) >= 11 is 0. The molecule has 0 aliphatic carbocycles. The second-order valence-corrected chi connectivity index (χ2v) is 3.21. The maximum atomic E-state index is 11.5. The lowest BCUT2D eigenvalue weighted by molar-refractivity contribution is 0.0368. The highest BCUT2D eigenvalue weighted by Gasteiger charge is 2.28. The van der Waals surface area contributed by atoms with Gasteiger partial charge in [-0.05, 0) is 12.1 Å². The van der Waals surface area contributed by atoms with Crippen molar-refractivity contribution < 1.29 is 14.3 Å². The number of nitriles is 1. The van der Waals surface area contributed by atoms with Crippen molar-refractivity contribution >= 4 is 5.97 Å². The summed E-state index contributed by atoms with van der Waals surface area (Å²) in [7, 11) is 1.54. The van der Waals surface area contributed by atoms with Crippen LogP contribution in [-0.2, 0) is 11.2 Å². The van der Waals surface area contributed by atoms with Gasteiger partial charge in [0.05, 0.1) is 12.7 Å². The van der Waals surface area contributed by atoms with Crippen molar-refractivity contribution in [3.63, 3.8) is 0 Å². The highest BCUT2D eigenvalue weighted by Crippen LogP contribution is 2.28. The molecule has 0 saturated carbocycles. The van der Waals surface area contributed by atoms with Crippen LogP contribution >= 0.6 is 0 Å². The molecular formula is C11H9NO3. The smallest absolute Gasteiger partial charge is 0.339 e. The van der Waals surface area contributed by atoms with Gasteiger partial charge in [-0.15, -0.1) is 0 Å². The maximum Gasteiger partial charge on any atom is 0.339 e. The van der Waals surface area contributed by atoms with E-state index < -0.39 is 12.1 Å². The first-order valence-corrected chi connectivity index (χ1v) is 4.52. The molecule has 1 unspecified atom stereocenters. The Bertz CT molecular complexity index is 448. The van der Waals surface area contributed by atoms with Gasteiger partial charge in [0, 0.05) is 12.0 Å². The Kier molecular flexibility index (Phi) is 2.30. The number of cyclic esters (lactones) is 1. The zero-order valence-corrected chi connectivity index (χ0v) is 8.19. The summed E-state index contributed by atoms with van der Waals surface area (Å²) in [5.41, 5.74) is 1.24. The van der Waals surface area contributed by atoms with Crippen molar-refractivity contribution in [1.29, 1.82) is 5.26 Å². The average Bonchev–Trinajstić information content (AvgIpc) is 2.28. The summed E-state index contributed by atoms with van der Waals surface area (Å²) in [6, 6.07) is 7.10. The van der Waals surface area contributed by atoms with E-state index in [0.717, 1.165) is 5.56 Å². The number of hydrogen-bond acceptors (Lipinski definition) is 4. The maximum absolute atomic E-state index is 11.5. The molecule has 0 aromatic heterocycles. The van der Waals surface area contributed by atoms with Gasteiger partial charge in [-0.25, -0.2) is 4.79 Å². The second-order valence-electron chi connectivity index (χ2n) is 3.21. The lowest BCUT2D eigenvalue weighted by Gasteiger charge is -2.21. The van der Waals surface area contributed by atoms with Crippen molar-refractivity contribution in [2.45, 2.75) is 12.5 Å². The van der Waals surface area contributed by atoms with Crippen LogP contribution in [0.15, 0.2) is 18.2 Å². The number of nitrogens with zero attached hydrogens (tertiary/aromatic N) is 1. The van der Waals surface area contributed by atoms with E-state index in [1.807, 2.05) is 6.07 Å². The number of carbonyl (C=O) groups is 1. The standard InChI is InChI=1S/C11H9NO3/c1-14-10-4-2-3-8-9(10)5-7(6-12)15-11(8)13/h2-4,7H,5H2,1H3. The Morgan fingerprint density at radius 1 is 1.60 bits per heavy atom. The minimum Gasteiger partial charge on any atom is -0.496 e. The number of hydrogen-bond donors (Lipinski definition) is 0. The Hall–Kier alpha value is -2.02. The summed E-state index contributed by atoms with van der Waals surface area (Å²) in [4.78, 5) is 11.5. The summed E-state index contributed by atoms with van der Waals surface area (Å²) in [6.45, 7) is 0. The zero-order valence-electron chi connectivity index (χ0n) is 8.19. The SMILES string of the molecule is COc1cccc2c1CC(C#N)OC2=O. The van der Waals surface area contributed by atoms with Crippen LogP contribution in [-0.4, -0.2) is 19.2 Å². The number of ether oxygens (including phenoxy) is 2. The lowest BCUT2D eigenvalue weighted by atomic mass is 9.98. The second kappa shape index (κ2) is 3.62. The van der Waals surface area contributed by atoms with E-state index in [1.165, 1.54) is 7.11 Å². The van der Waals surface area contributed by atoms with Crippen molar-refractivity contribution in [1.82, 2.24) is 0 Å². The number of methoxy groups -OCH3 is 1. The fourth-order valence-corrected chi connectivity index (χ4v) is 1.65. The summed E-state index contributed by atoms with van der Waals surface area (Å²) in [6.07, 6.45) is -0.317. The number of carbonyl (C=O) groups excluding carboxylic acids is 1. The monoisotopic (exact) mass is 203 g/mol. The highest BCUT2D eigenvalue weighted by atomic mass is 16.5. The van der Waals surface area contributed by atoms with Crippen LogP contribution in [0.2, 0.25) is 0 Å². The number of esters is 1. The third kappa shape index (κ3) is 1.52. The Morgan fingerprint density at radius 2 is 2.40 bits per heavy atom. The van der Waals surface area contributed by atoms with Gasteiger partial charge >= 0.3 is 5.97 Å². The molecule has 0 saturated heterocycles. The average molecular weight is 203 g/mol. The number of fused-ring (bicyclic) bond motifs is 1. The van der Waals surface area contributed by atoms with Crippen molar-refractivity contribution in [3.8, 4) is 11.8 Å². The van der Waals surface area contributed by atoms with Gasteiger partial charge < -0.3 is 9.47 Å². The van der Waals surface area contributed by atoms with Crippen molar-refractivity contribution in [2.24, 2.45) is 0 Å². The molecule has 0 fully saturated rings.